The van der Waals surface area contributed by atoms with Crippen LogP contribution in [0.25, 0.3) is 0 Å². The fraction of sp³-hybridized carbons (Fsp3) is 0.316. The van der Waals surface area contributed by atoms with Gasteiger partial charge < -0.3 is 19.8 Å². The molecule has 1 saturated carbocycles. The van der Waals surface area contributed by atoms with Crippen molar-refractivity contribution in [2.75, 3.05) is 12.4 Å². The third-order valence-corrected chi connectivity index (χ3v) is 4.86. The van der Waals surface area contributed by atoms with Gasteiger partial charge in [0.25, 0.3) is 5.91 Å². The van der Waals surface area contributed by atoms with E-state index in [0.717, 1.165) is 12.8 Å². The van der Waals surface area contributed by atoms with Crippen LogP contribution in [0.1, 0.15) is 29.0 Å². The van der Waals surface area contributed by atoms with E-state index >= 15 is 0 Å². The summed E-state index contributed by atoms with van der Waals surface area (Å²) in [7, 11) is 0. The molecule has 0 bridgehead atoms. The fourth-order valence-electron chi connectivity index (χ4n) is 2.26. The van der Waals surface area contributed by atoms with Crippen molar-refractivity contribution in [1.82, 2.24) is 10.6 Å². The summed E-state index contributed by atoms with van der Waals surface area (Å²) in [6.07, 6.45) is 3.49. The summed E-state index contributed by atoms with van der Waals surface area (Å²) in [5, 5.41) is 5.50. The second kappa shape index (κ2) is 9.27. The molecule has 2 aromatic rings. The van der Waals surface area contributed by atoms with Gasteiger partial charge in [-0.2, -0.15) is 0 Å². The lowest BCUT2D eigenvalue weighted by atomic mass is 10.2. The standard InChI is InChI=1S/C19H20N2O5S/c22-17(21-13-7-8-13)11-26-19(24)15-5-1-2-6-16(15)27-12-18(23)20-10-14-4-3-9-25-14/h1-6,9,13H,7-8,10-12H2,(H,20,23)(H,21,22). The average Bonchev–Trinajstić information content (AvgIpc) is 3.33. The zero-order chi connectivity index (χ0) is 19.1. The van der Waals surface area contributed by atoms with E-state index in [9.17, 15) is 14.4 Å². The first-order valence-corrected chi connectivity index (χ1v) is 9.58. The number of nitrogens with one attached hydrogen (secondary N) is 2. The molecule has 0 aliphatic heterocycles. The van der Waals surface area contributed by atoms with Gasteiger partial charge in [0.15, 0.2) is 6.61 Å². The first-order chi connectivity index (χ1) is 13.1. The van der Waals surface area contributed by atoms with E-state index in [2.05, 4.69) is 10.6 Å². The summed E-state index contributed by atoms with van der Waals surface area (Å²) in [4.78, 5) is 36.5. The zero-order valence-corrected chi connectivity index (χ0v) is 15.4. The van der Waals surface area contributed by atoms with E-state index < -0.39 is 5.97 Å². The molecule has 1 aliphatic rings. The van der Waals surface area contributed by atoms with Crippen LogP contribution in [0, 0.1) is 0 Å². The minimum absolute atomic E-state index is 0.146. The zero-order valence-electron chi connectivity index (χ0n) is 14.6. The molecule has 0 radical (unpaired) electrons. The van der Waals surface area contributed by atoms with Crippen molar-refractivity contribution >= 4 is 29.5 Å². The van der Waals surface area contributed by atoms with Crippen LogP contribution in [0.2, 0.25) is 0 Å². The molecule has 142 valence electrons. The maximum atomic E-state index is 12.3. The van der Waals surface area contributed by atoms with Gasteiger partial charge in [0.2, 0.25) is 5.91 Å². The van der Waals surface area contributed by atoms with Gasteiger partial charge in [-0.15, -0.1) is 11.8 Å². The number of benzene rings is 1. The van der Waals surface area contributed by atoms with E-state index in [4.69, 9.17) is 9.15 Å². The van der Waals surface area contributed by atoms with Crippen molar-refractivity contribution in [2.24, 2.45) is 0 Å². The third kappa shape index (κ3) is 6.18. The van der Waals surface area contributed by atoms with Crippen molar-refractivity contribution in [2.45, 2.75) is 30.3 Å². The molecule has 1 aliphatic carbocycles. The number of carbonyl (C=O) groups excluding carboxylic acids is 3. The molecule has 2 amide bonds. The van der Waals surface area contributed by atoms with E-state index in [-0.39, 0.29) is 30.2 Å². The Morgan fingerprint density at radius 2 is 1.93 bits per heavy atom. The normalized spacial score (nSPS) is 13.0. The minimum atomic E-state index is -0.583. The number of furan rings is 1. The fourth-order valence-corrected chi connectivity index (χ4v) is 3.13. The van der Waals surface area contributed by atoms with Gasteiger partial charge in [-0.3, -0.25) is 9.59 Å². The van der Waals surface area contributed by atoms with Gasteiger partial charge in [0.1, 0.15) is 5.76 Å². The molecule has 8 heteroatoms. The van der Waals surface area contributed by atoms with Crippen LogP contribution in [0.5, 0.6) is 0 Å². The van der Waals surface area contributed by atoms with Crippen LogP contribution in [0.3, 0.4) is 0 Å². The summed E-state index contributed by atoms with van der Waals surface area (Å²) in [6.45, 7) is 0.00412. The van der Waals surface area contributed by atoms with Crippen LogP contribution in [0.15, 0.2) is 52.0 Å². The van der Waals surface area contributed by atoms with Crippen molar-refractivity contribution in [1.29, 1.82) is 0 Å². The van der Waals surface area contributed by atoms with Crippen LogP contribution in [-0.4, -0.2) is 36.2 Å². The van der Waals surface area contributed by atoms with E-state index in [1.807, 2.05) is 0 Å². The highest BCUT2D eigenvalue weighted by molar-refractivity contribution is 8.00. The first-order valence-electron chi connectivity index (χ1n) is 8.59. The summed E-state index contributed by atoms with van der Waals surface area (Å²) in [6, 6.07) is 10.6. The SMILES string of the molecule is O=C(CSc1ccccc1C(=O)OCC(=O)NC1CC1)NCc1ccco1. The highest BCUT2D eigenvalue weighted by atomic mass is 32.2. The lowest BCUT2D eigenvalue weighted by Gasteiger charge is -2.09. The Bertz CT molecular complexity index is 802. The van der Waals surface area contributed by atoms with Crippen molar-refractivity contribution in [3.63, 3.8) is 0 Å². The second-order valence-electron chi connectivity index (χ2n) is 6.06. The maximum absolute atomic E-state index is 12.3. The predicted octanol–water partition coefficient (Wildman–Crippen LogP) is 2.12. The Morgan fingerprint density at radius 1 is 1.11 bits per heavy atom. The summed E-state index contributed by atoms with van der Waals surface area (Å²) in [5.74, 6) is -0.244. The number of rotatable bonds is 9. The number of esters is 1. The van der Waals surface area contributed by atoms with Crippen molar-refractivity contribution < 1.29 is 23.5 Å². The van der Waals surface area contributed by atoms with Crippen molar-refractivity contribution in [3.8, 4) is 0 Å². The summed E-state index contributed by atoms with van der Waals surface area (Å²) >= 11 is 1.23. The number of hydrogen-bond donors (Lipinski definition) is 2. The molecule has 0 unspecified atom stereocenters. The molecule has 0 atom stereocenters. The summed E-state index contributed by atoms with van der Waals surface area (Å²) in [5.41, 5.74) is 0.334. The van der Waals surface area contributed by atoms with Crippen LogP contribution in [-0.2, 0) is 20.9 Å². The van der Waals surface area contributed by atoms with Crippen molar-refractivity contribution in [3.05, 3.63) is 54.0 Å². The summed E-state index contributed by atoms with van der Waals surface area (Å²) < 4.78 is 10.2. The van der Waals surface area contributed by atoms with Gasteiger partial charge in [-0.25, -0.2) is 4.79 Å². The van der Waals surface area contributed by atoms with Gasteiger partial charge in [-0.05, 0) is 37.1 Å². The number of amides is 2. The van der Waals surface area contributed by atoms with Crippen LogP contribution < -0.4 is 10.6 Å². The molecule has 7 nitrogen and oxygen atoms in total. The Kier molecular flexibility index (Phi) is 6.54. The molecular formula is C19H20N2O5S. The number of carbonyl (C=O) groups is 3. The topological polar surface area (TPSA) is 97.6 Å². The molecule has 0 spiro atoms. The van der Waals surface area contributed by atoms with Crippen LogP contribution in [0.4, 0.5) is 0 Å². The Labute approximate surface area is 160 Å². The van der Waals surface area contributed by atoms with E-state index in [0.29, 0.717) is 22.8 Å². The monoisotopic (exact) mass is 388 g/mol. The lowest BCUT2D eigenvalue weighted by Crippen LogP contribution is -2.30. The molecule has 27 heavy (non-hydrogen) atoms. The number of thioether (sulfide) groups is 1. The third-order valence-electron chi connectivity index (χ3n) is 3.78. The molecule has 1 aromatic heterocycles. The van der Waals surface area contributed by atoms with Crippen LogP contribution >= 0.6 is 11.8 Å². The predicted molar refractivity (Wildman–Crippen MR) is 99.2 cm³/mol. The smallest absolute Gasteiger partial charge is 0.339 e. The Balaban J connectivity index is 1.47. The average molecular weight is 388 g/mol. The quantitative estimate of drug-likeness (QED) is 0.504. The highest BCUT2D eigenvalue weighted by Gasteiger charge is 2.24. The molecular weight excluding hydrogens is 368 g/mol. The highest BCUT2D eigenvalue weighted by Crippen LogP contribution is 2.23. The van der Waals surface area contributed by atoms with Gasteiger partial charge >= 0.3 is 5.97 Å². The van der Waals surface area contributed by atoms with E-state index in [1.54, 1.807) is 42.7 Å². The maximum Gasteiger partial charge on any atom is 0.339 e. The molecule has 1 fully saturated rings. The van der Waals surface area contributed by atoms with Gasteiger partial charge in [0.05, 0.1) is 24.1 Å². The Hall–Kier alpha value is -2.74. The molecule has 3 rings (SSSR count). The molecule has 1 aromatic carbocycles. The van der Waals surface area contributed by atoms with Gasteiger partial charge in [0, 0.05) is 10.9 Å². The molecule has 2 N–H and O–H groups in total. The molecule has 0 saturated heterocycles. The number of hydrogen-bond acceptors (Lipinski definition) is 6. The second-order valence-corrected chi connectivity index (χ2v) is 7.08. The Morgan fingerprint density at radius 3 is 2.67 bits per heavy atom. The van der Waals surface area contributed by atoms with E-state index in [1.165, 1.54) is 11.8 Å². The first kappa shape index (κ1) is 19.0. The molecule has 1 heterocycles. The lowest BCUT2D eigenvalue weighted by molar-refractivity contribution is -0.124. The number of ether oxygens (including phenoxy) is 1. The van der Waals surface area contributed by atoms with Gasteiger partial charge in [-0.1, -0.05) is 12.1 Å². The minimum Gasteiger partial charge on any atom is -0.467 e. The largest absolute Gasteiger partial charge is 0.467 e.